The number of rotatable bonds is 6. The second-order valence-electron chi connectivity index (χ2n) is 4.98. The summed E-state index contributed by atoms with van der Waals surface area (Å²) in [5.41, 5.74) is 8.00. The topological polar surface area (TPSA) is 63.4 Å². The SMILES string of the molecule is CCCN(CCN)S(=O)(=O)c1ccc2c(c1)CCC2. The second kappa shape index (κ2) is 6.03. The molecule has 2 rings (SSSR count). The first-order valence-corrected chi connectivity index (χ1v) is 8.35. The van der Waals surface area contributed by atoms with Gasteiger partial charge in [-0.05, 0) is 48.9 Å². The Bertz CT molecular complexity index is 534. The van der Waals surface area contributed by atoms with Gasteiger partial charge in [0.15, 0.2) is 0 Å². The molecule has 0 amide bonds. The van der Waals surface area contributed by atoms with Gasteiger partial charge in [-0.25, -0.2) is 8.42 Å². The molecule has 1 aromatic rings. The molecule has 1 aromatic carbocycles. The molecule has 0 saturated heterocycles. The molecular weight excluding hydrogens is 260 g/mol. The molecule has 19 heavy (non-hydrogen) atoms. The largest absolute Gasteiger partial charge is 0.329 e. The molecular formula is C14H22N2O2S. The van der Waals surface area contributed by atoms with Crippen molar-refractivity contribution in [2.45, 2.75) is 37.5 Å². The van der Waals surface area contributed by atoms with Gasteiger partial charge in [0.05, 0.1) is 4.90 Å². The third-order valence-electron chi connectivity index (χ3n) is 3.56. The van der Waals surface area contributed by atoms with E-state index in [1.165, 1.54) is 15.4 Å². The molecule has 0 aliphatic heterocycles. The van der Waals surface area contributed by atoms with Crippen LogP contribution in [0.15, 0.2) is 23.1 Å². The van der Waals surface area contributed by atoms with E-state index in [1.807, 2.05) is 19.1 Å². The highest BCUT2D eigenvalue weighted by Gasteiger charge is 2.24. The minimum atomic E-state index is -3.39. The fourth-order valence-electron chi connectivity index (χ4n) is 2.60. The van der Waals surface area contributed by atoms with Gasteiger partial charge < -0.3 is 5.73 Å². The van der Waals surface area contributed by atoms with E-state index in [1.54, 1.807) is 6.07 Å². The van der Waals surface area contributed by atoms with Crippen LogP contribution in [0.25, 0.3) is 0 Å². The monoisotopic (exact) mass is 282 g/mol. The maximum absolute atomic E-state index is 12.6. The van der Waals surface area contributed by atoms with Crippen molar-refractivity contribution in [2.24, 2.45) is 5.73 Å². The van der Waals surface area contributed by atoms with Crippen LogP contribution in [0.4, 0.5) is 0 Å². The van der Waals surface area contributed by atoms with Crippen LogP contribution in [0.5, 0.6) is 0 Å². The zero-order valence-corrected chi connectivity index (χ0v) is 12.2. The van der Waals surface area contributed by atoms with E-state index in [0.29, 0.717) is 24.5 Å². The van der Waals surface area contributed by atoms with Gasteiger partial charge in [-0.1, -0.05) is 13.0 Å². The lowest BCUT2D eigenvalue weighted by Crippen LogP contribution is -2.36. The fraction of sp³-hybridized carbons (Fsp3) is 0.571. The molecule has 0 radical (unpaired) electrons. The molecule has 0 fully saturated rings. The zero-order chi connectivity index (χ0) is 13.9. The Hall–Kier alpha value is -0.910. The Morgan fingerprint density at radius 1 is 1.21 bits per heavy atom. The first-order chi connectivity index (χ1) is 9.09. The number of aryl methyl sites for hydroxylation is 2. The molecule has 0 bridgehead atoms. The Balaban J connectivity index is 2.32. The van der Waals surface area contributed by atoms with Crippen LogP contribution in [0.1, 0.15) is 30.9 Å². The second-order valence-corrected chi connectivity index (χ2v) is 6.91. The molecule has 0 aromatic heterocycles. The number of fused-ring (bicyclic) bond motifs is 1. The lowest BCUT2D eigenvalue weighted by Gasteiger charge is -2.21. The number of nitrogens with zero attached hydrogens (tertiary/aromatic N) is 1. The summed E-state index contributed by atoms with van der Waals surface area (Å²) in [7, 11) is -3.39. The van der Waals surface area contributed by atoms with Crippen LogP contribution in [-0.4, -0.2) is 32.4 Å². The van der Waals surface area contributed by atoms with Crippen molar-refractivity contribution in [2.75, 3.05) is 19.6 Å². The van der Waals surface area contributed by atoms with Gasteiger partial charge in [0.25, 0.3) is 0 Å². The number of hydrogen-bond donors (Lipinski definition) is 1. The molecule has 0 atom stereocenters. The maximum atomic E-state index is 12.6. The number of hydrogen-bond acceptors (Lipinski definition) is 3. The van der Waals surface area contributed by atoms with E-state index in [-0.39, 0.29) is 0 Å². The van der Waals surface area contributed by atoms with Gasteiger partial charge in [0.2, 0.25) is 10.0 Å². The molecule has 0 unspecified atom stereocenters. The van der Waals surface area contributed by atoms with Crippen molar-refractivity contribution in [3.8, 4) is 0 Å². The molecule has 2 N–H and O–H groups in total. The lowest BCUT2D eigenvalue weighted by atomic mass is 10.1. The predicted octanol–water partition coefficient (Wildman–Crippen LogP) is 1.53. The maximum Gasteiger partial charge on any atom is 0.243 e. The Morgan fingerprint density at radius 3 is 2.63 bits per heavy atom. The minimum absolute atomic E-state index is 0.351. The summed E-state index contributed by atoms with van der Waals surface area (Å²) in [4.78, 5) is 0.412. The molecule has 0 saturated carbocycles. The van der Waals surface area contributed by atoms with E-state index in [2.05, 4.69) is 0 Å². The van der Waals surface area contributed by atoms with Crippen LogP contribution in [-0.2, 0) is 22.9 Å². The van der Waals surface area contributed by atoms with Gasteiger partial charge in [-0.3, -0.25) is 0 Å². The summed E-state index contributed by atoms with van der Waals surface area (Å²) in [5.74, 6) is 0. The Kier molecular flexibility index (Phi) is 4.60. The van der Waals surface area contributed by atoms with Crippen molar-refractivity contribution in [1.29, 1.82) is 0 Å². The summed E-state index contributed by atoms with van der Waals surface area (Å²) < 4.78 is 26.7. The van der Waals surface area contributed by atoms with E-state index in [0.717, 1.165) is 25.7 Å². The average molecular weight is 282 g/mol. The highest BCUT2D eigenvalue weighted by Crippen LogP contribution is 2.26. The fourth-order valence-corrected chi connectivity index (χ4v) is 4.20. The summed E-state index contributed by atoms with van der Waals surface area (Å²) >= 11 is 0. The quantitative estimate of drug-likeness (QED) is 0.860. The first kappa shape index (κ1) is 14.5. The summed E-state index contributed by atoms with van der Waals surface area (Å²) in [6.45, 7) is 3.23. The third-order valence-corrected chi connectivity index (χ3v) is 5.45. The minimum Gasteiger partial charge on any atom is -0.329 e. The summed E-state index contributed by atoms with van der Waals surface area (Å²) in [5, 5.41) is 0. The van der Waals surface area contributed by atoms with Crippen molar-refractivity contribution in [3.05, 3.63) is 29.3 Å². The van der Waals surface area contributed by atoms with Crippen LogP contribution in [0, 0.1) is 0 Å². The summed E-state index contributed by atoms with van der Waals surface area (Å²) in [6, 6.07) is 5.54. The number of benzene rings is 1. The molecule has 1 aliphatic rings. The third kappa shape index (κ3) is 2.99. The van der Waals surface area contributed by atoms with Gasteiger partial charge >= 0.3 is 0 Å². The molecule has 1 aliphatic carbocycles. The smallest absolute Gasteiger partial charge is 0.243 e. The average Bonchev–Trinajstić information content (AvgIpc) is 2.85. The van der Waals surface area contributed by atoms with Crippen molar-refractivity contribution in [3.63, 3.8) is 0 Å². The van der Waals surface area contributed by atoms with Gasteiger partial charge in [0, 0.05) is 19.6 Å². The van der Waals surface area contributed by atoms with Gasteiger partial charge in [0.1, 0.15) is 0 Å². The van der Waals surface area contributed by atoms with Crippen molar-refractivity contribution in [1.82, 2.24) is 4.31 Å². The van der Waals surface area contributed by atoms with Crippen LogP contribution in [0.2, 0.25) is 0 Å². The molecule has 0 heterocycles. The molecule has 0 spiro atoms. The van der Waals surface area contributed by atoms with Gasteiger partial charge in [-0.15, -0.1) is 0 Å². The van der Waals surface area contributed by atoms with Crippen LogP contribution >= 0.6 is 0 Å². The summed E-state index contributed by atoms with van der Waals surface area (Å²) in [6.07, 6.45) is 3.98. The van der Waals surface area contributed by atoms with Crippen molar-refractivity contribution < 1.29 is 8.42 Å². The van der Waals surface area contributed by atoms with E-state index < -0.39 is 10.0 Å². The predicted molar refractivity (Wildman–Crippen MR) is 76.6 cm³/mol. The molecule has 106 valence electrons. The molecule has 5 heteroatoms. The van der Waals surface area contributed by atoms with Gasteiger partial charge in [-0.2, -0.15) is 4.31 Å². The van der Waals surface area contributed by atoms with E-state index in [9.17, 15) is 8.42 Å². The molecule has 4 nitrogen and oxygen atoms in total. The normalized spacial score (nSPS) is 14.9. The van der Waals surface area contributed by atoms with E-state index in [4.69, 9.17) is 5.73 Å². The van der Waals surface area contributed by atoms with Crippen molar-refractivity contribution >= 4 is 10.0 Å². The van der Waals surface area contributed by atoms with Crippen LogP contribution < -0.4 is 5.73 Å². The Morgan fingerprint density at radius 2 is 1.95 bits per heavy atom. The highest BCUT2D eigenvalue weighted by molar-refractivity contribution is 7.89. The number of nitrogens with two attached hydrogens (primary N) is 1. The Labute approximate surface area is 115 Å². The zero-order valence-electron chi connectivity index (χ0n) is 11.4. The standard InChI is InChI=1S/C14H22N2O2S/c1-2-9-16(10-8-15)19(17,18)14-7-6-12-4-3-5-13(12)11-14/h6-7,11H,2-5,8-10,15H2,1H3. The van der Waals surface area contributed by atoms with E-state index >= 15 is 0 Å². The lowest BCUT2D eigenvalue weighted by molar-refractivity contribution is 0.418. The first-order valence-electron chi connectivity index (χ1n) is 6.91. The van der Waals surface area contributed by atoms with Crippen LogP contribution in [0.3, 0.4) is 0 Å². The highest BCUT2D eigenvalue weighted by atomic mass is 32.2. The number of sulfonamides is 1.